The van der Waals surface area contributed by atoms with Gasteiger partial charge < -0.3 is 4.74 Å². The minimum atomic E-state index is -0.579. The number of carbonyl (C=O) groups is 2. The van der Waals surface area contributed by atoms with Crippen LogP contribution in [-0.2, 0) is 14.3 Å². The summed E-state index contributed by atoms with van der Waals surface area (Å²) in [6, 6.07) is 10.0. The summed E-state index contributed by atoms with van der Waals surface area (Å²) in [5.41, 5.74) is 1.17. The Labute approximate surface area is 138 Å². The molecule has 1 heterocycles. The van der Waals surface area contributed by atoms with Crippen LogP contribution < -0.4 is 0 Å². The number of rotatable bonds is 1. The maximum absolute atomic E-state index is 9.92. The van der Waals surface area contributed by atoms with E-state index < -0.39 is 11.9 Å². The zero-order valence-electron chi connectivity index (χ0n) is 9.05. The average Bonchev–Trinajstić information content (AvgIpc) is 2.65. The molecule has 1 radical (unpaired) electrons. The Hall–Kier alpha value is -0.524. The van der Waals surface area contributed by atoms with Gasteiger partial charge in [0.2, 0.25) is 0 Å². The molecule has 1 aliphatic heterocycles. The zero-order valence-corrected chi connectivity index (χ0v) is 12.2. The summed E-state index contributed by atoms with van der Waals surface area (Å²) in [5, 5.41) is 0. The third-order valence-corrected chi connectivity index (χ3v) is 1.59. The van der Waals surface area contributed by atoms with Crippen LogP contribution >= 0.6 is 0 Å². The van der Waals surface area contributed by atoms with Gasteiger partial charge in [0.25, 0.3) is 0 Å². The average molecular weight is 243 g/mol. The Bertz CT molecular complexity index is 385. The molecule has 3 nitrogen and oxygen atoms in total. The first-order valence-corrected chi connectivity index (χ1v) is 4.33. The largest absolute Gasteiger partial charge is 0.387 e. The topological polar surface area (TPSA) is 43.4 Å². The minimum absolute atomic E-state index is 0. The molecule has 1 aromatic carbocycles. The SMILES string of the molecule is C=Cc1ccccc1.O=C1C=CC(=O)O1.[HH].[K]. The molecule has 16 heavy (non-hydrogen) atoms. The Kier molecular flexibility index (Phi) is 8.33. The summed E-state index contributed by atoms with van der Waals surface area (Å²) in [5.74, 6) is -1.16. The monoisotopic (exact) mass is 243 g/mol. The van der Waals surface area contributed by atoms with Crippen molar-refractivity contribution in [3.05, 3.63) is 54.6 Å². The number of carbonyl (C=O) groups excluding carboxylic acids is 2. The summed E-state index contributed by atoms with van der Waals surface area (Å²) in [6.45, 7) is 3.63. The van der Waals surface area contributed by atoms with Crippen molar-refractivity contribution in [2.24, 2.45) is 0 Å². The molecule has 79 valence electrons. The number of benzene rings is 1. The van der Waals surface area contributed by atoms with Crippen molar-refractivity contribution >= 4 is 69.4 Å². The van der Waals surface area contributed by atoms with E-state index in [-0.39, 0.29) is 52.8 Å². The van der Waals surface area contributed by atoms with Gasteiger partial charge in [0.15, 0.2) is 0 Å². The number of cyclic esters (lactones) is 2. The van der Waals surface area contributed by atoms with E-state index in [0.717, 1.165) is 12.2 Å². The van der Waals surface area contributed by atoms with Crippen LogP contribution in [0.15, 0.2) is 49.1 Å². The molecule has 0 saturated heterocycles. The van der Waals surface area contributed by atoms with Crippen LogP contribution in [0.1, 0.15) is 6.99 Å². The van der Waals surface area contributed by atoms with Crippen LogP contribution in [0.5, 0.6) is 0 Å². The van der Waals surface area contributed by atoms with Crippen LogP contribution in [0.25, 0.3) is 6.08 Å². The molecule has 0 unspecified atom stereocenters. The minimum Gasteiger partial charge on any atom is -0.387 e. The first-order chi connectivity index (χ1) is 7.22. The predicted octanol–water partition coefficient (Wildman–Crippen LogP) is 1.82. The molecule has 1 aliphatic rings. The van der Waals surface area contributed by atoms with Crippen molar-refractivity contribution in [1.82, 2.24) is 0 Å². The van der Waals surface area contributed by atoms with E-state index in [1.165, 1.54) is 5.56 Å². The molecule has 0 N–H and O–H groups in total. The molecular formula is C12H12KO3. The second kappa shape index (κ2) is 8.61. The van der Waals surface area contributed by atoms with Crippen molar-refractivity contribution < 1.29 is 15.8 Å². The van der Waals surface area contributed by atoms with Gasteiger partial charge in [-0.15, -0.1) is 0 Å². The van der Waals surface area contributed by atoms with Gasteiger partial charge in [-0.1, -0.05) is 43.0 Å². The van der Waals surface area contributed by atoms with Gasteiger partial charge in [-0.25, -0.2) is 9.59 Å². The Morgan fingerprint density at radius 1 is 1.06 bits per heavy atom. The van der Waals surface area contributed by atoms with Crippen molar-refractivity contribution in [3.63, 3.8) is 0 Å². The maximum atomic E-state index is 9.92. The number of hydrogen-bond acceptors (Lipinski definition) is 3. The number of esters is 2. The van der Waals surface area contributed by atoms with E-state index in [1.54, 1.807) is 0 Å². The van der Waals surface area contributed by atoms with Gasteiger partial charge in [0.1, 0.15) is 0 Å². The van der Waals surface area contributed by atoms with Gasteiger partial charge in [-0.2, -0.15) is 0 Å². The fourth-order valence-corrected chi connectivity index (χ4v) is 0.892. The molecule has 1 aromatic rings. The van der Waals surface area contributed by atoms with Crippen LogP contribution in [0.2, 0.25) is 0 Å². The summed E-state index contributed by atoms with van der Waals surface area (Å²) < 4.78 is 3.97. The smallest absolute Gasteiger partial charge is 0.338 e. The standard InChI is InChI=1S/C8H8.C4H2O3.K.H2/c1-2-8-6-4-3-5-7-8;5-3-1-2-4(6)7-3;;/h2-7H,1H2;1-2H;;1H. The van der Waals surface area contributed by atoms with Crippen molar-refractivity contribution in [1.29, 1.82) is 0 Å². The fourth-order valence-electron chi connectivity index (χ4n) is 0.892. The number of ether oxygens (including phenoxy) is 1. The molecule has 4 heteroatoms. The molecule has 0 spiro atoms. The van der Waals surface area contributed by atoms with E-state index in [2.05, 4.69) is 11.3 Å². The Balaban J connectivity index is 0. The Morgan fingerprint density at radius 2 is 1.56 bits per heavy atom. The summed E-state index contributed by atoms with van der Waals surface area (Å²) in [4.78, 5) is 19.8. The summed E-state index contributed by atoms with van der Waals surface area (Å²) in [7, 11) is 0. The maximum Gasteiger partial charge on any atom is 0.338 e. The third-order valence-electron chi connectivity index (χ3n) is 1.59. The van der Waals surface area contributed by atoms with Gasteiger partial charge in [-0.3, -0.25) is 0 Å². The van der Waals surface area contributed by atoms with E-state index >= 15 is 0 Å². The van der Waals surface area contributed by atoms with Crippen LogP contribution in [0.3, 0.4) is 0 Å². The first-order valence-electron chi connectivity index (χ1n) is 4.33. The predicted molar refractivity (Wildman–Crippen MR) is 64.6 cm³/mol. The van der Waals surface area contributed by atoms with E-state index in [0.29, 0.717) is 0 Å². The first kappa shape index (κ1) is 15.5. The normalized spacial score (nSPS) is 12.0. The molecule has 0 amide bonds. The molecule has 2 rings (SSSR count). The van der Waals surface area contributed by atoms with Gasteiger partial charge >= 0.3 is 11.9 Å². The second-order valence-electron chi connectivity index (χ2n) is 2.69. The van der Waals surface area contributed by atoms with Gasteiger partial charge in [0, 0.05) is 65.0 Å². The van der Waals surface area contributed by atoms with Gasteiger partial charge in [0.05, 0.1) is 0 Å². The summed E-state index contributed by atoms with van der Waals surface area (Å²) in [6.07, 6.45) is 4.00. The Morgan fingerprint density at radius 3 is 1.81 bits per heavy atom. The molecule has 0 aliphatic carbocycles. The van der Waals surface area contributed by atoms with Crippen LogP contribution in [0, 0.1) is 0 Å². The quantitative estimate of drug-likeness (QED) is 0.429. The van der Waals surface area contributed by atoms with Crippen LogP contribution in [-0.4, -0.2) is 63.3 Å². The van der Waals surface area contributed by atoms with Crippen molar-refractivity contribution in [3.8, 4) is 0 Å². The number of hydrogen-bond donors (Lipinski definition) is 0. The van der Waals surface area contributed by atoms with Crippen molar-refractivity contribution in [2.75, 3.05) is 0 Å². The zero-order chi connectivity index (χ0) is 11.1. The van der Waals surface area contributed by atoms with E-state index in [4.69, 9.17) is 0 Å². The summed E-state index contributed by atoms with van der Waals surface area (Å²) >= 11 is 0. The van der Waals surface area contributed by atoms with Gasteiger partial charge in [-0.05, 0) is 5.56 Å². The molecule has 0 atom stereocenters. The van der Waals surface area contributed by atoms with E-state index in [1.807, 2.05) is 36.4 Å². The van der Waals surface area contributed by atoms with Crippen LogP contribution in [0.4, 0.5) is 0 Å². The molecule has 0 bridgehead atoms. The fraction of sp³-hybridized carbons (Fsp3) is 0. The van der Waals surface area contributed by atoms with E-state index in [9.17, 15) is 9.59 Å². The molecule has 0 aromatic heterocycles. The molecular weight excluding hydrogens is 231 g/mol. The second-order valence-corrected chi connectivity index (χ2v) is 2.69. The van der Waals surface area contributed by atoms with Crippen molar-refractivity contribution in [2.45, 2.75) is 0 Å². The molecule has 0 saturated carbocycles. The third kappa shape index (κ3) is 6.14. The molecule has 0 fully saturated rings.